The second kappa shape index (κ2) is 6.34. The Kier molecular flexibility index (Phi) is 5.02. The molecule has 0 radical (unpaired) electrons. The highest BCUT2D eigenvalue weighted by molar-refractivity contribution is 6.25. The maximum atomic E-state index is 12.3. The number of nitrogens with one attached hydrogen (secondary N) is 1. The van der Waals surface area contributed by atoms with Crippen molar-refractivity contribution in [1.82, 2.24) is 10.2 Å². The Morgan fingerprint density at radius 3 is 2.29 bits per heavy atom. The minimum absolute atomic E-state index is 0.113. The number of nitrogens with two attached hydrogens (primary N) is 1. The van der Waals surface area contributed by atoms with Gasteiger partial charge in [-0.05, 0) is 12.8 Å². The van der Waals surface area contributed by atoms with Crippen LogP contribution in [0.5, 0.6) is 0 Å². The summed E-state index contributed by atoms with van der Waals surface area (Å²) < 4.78 is 0. The molecule has 0 aliphatic carbocycles. The van der Waals surface area contributed by atoms with Crippen molar-refractivity contribution in [1.29, 1.82) is 0 Å². The van der Waals surface area contributed by atoms with Gasteiger partial charge in [-0.2, -0.15) is 0 Å². The zero-order chi connectivity index (χ0) is 16.3. The van der Waals surface area contributed by atoms with Gasteiger partial charge in [0.15, 0.2) is 0 Å². The molecule has 1 aliphatic rings. The number of hydrogen-bond donors (Lipinski definition) is 2. The van der Waals surface area contributed by atoms with Crippen LogP contribution in [-0.2, 0) is 19.2 Å². The van der Waals surface area contributed by atoms with Gasteiger partial charge in [0.2, 0.25) is 11.8 Å². The van der Waals surface area contributed by atoms with Gasteiger partial charge in [0.05, 0.1) is 11.1 Å². The van der Waals surface area contributed by atoms with Crippen LogP contribution in [0.3, 0.4) is 0 Å². The molecule has 1 rings (SSSR count). The van der Waals surface area contributed by atoms with Crippen molar-refractivity contribution in [3.63, 3.8) is 0 Å². The summed E-state index contributed by atoms with van der Waals surface area (Å²) in [6.07, 6.45) is 1.49. The van der Waals surface area contributed by atoms with Crippen LogP contribution in [0, 0.1) is 5.92 Å². The van der Waals surface area contributed by atoms with Gasteiger partial charge >= 0.3 is 0 Å². The number of imide groups is 2. The van der Waals surface area contributed by atoms with Crippen molar-refractivity contribution in [3.8, 4) is 0 Å². The van der Waals surface area contributed by atoms with Crippen LogP contribution < -0.4 is 11.1 Å². The number of rotatable bonds is 3. The van der Waals surface area contributed by atoms with Crippen LogP contribution in [0.15, 0.2) is 22.9 Å². The number of hydrogen-bond acceptors (Lipinski definition) is 5. The minimum atomic E-state index is -0.718. The molecular weight excluding hydrogens is 274 g/mol. The molecule has 1 saturated heterocycles. The van der Waals surface area contributed by atoms with Crippen LogP contribution in [0.25, 0.3) is 0 Å². The molecular formula is C14H19N3O4. The predicted molar refractivity (Wildman–Crippen MR) is 75.4 cm³/mol. The van der Waals surface area contributed by atoms with E-state index in [0.717, 1.165) is 4.90 Å². The van der Waals surface area contributed by atoms with E-state index >= 15 is 0 Å². The van der Waals surface area contributed by atoms with Gasteiger partial charge in [0, 0.05) is 12.6 Å². The third-order valence-corrected chi connectivity index (χ3v) is 3.02. The zero-order valence-corrected chi connectivity index (χ0v) is 12.5. The Bertz CT molecular complexity index is 573. The Hall–Kier alpha value is -2.44. The lowest BCUT2D eigenvalue weighted by Gasteiger charge is -2.12. The highest BCUT2D eigenvalue weighted by Crippen LogP contribution is 2.28. The lowest BCUT2D eigenvalue weighted by Crippen LogP contribution is -2.41. The predicted octanol–water partition coefficient (Wildman–Crippen LogP) is -0.167. The summed E-state index contributed by atoms with van der Waals surface area (Å²) in [6.45, 7) is 5.89. The topological polar surface area (TPSA) is 110 Å². The van der Waals surface area contributed by atoms with Crippen molar-refractivity contribution >= 4 is 23.6 Å². The molecule has 0 bridgehead atoms. The SMILES string of the molecule is C/C=C1/C(=O)N(CC(=O)NC(C)=O)C(=O)/C1=C(\N)C(C)C. The Balaban J connectivity index is 3.14. The lowest BCUT2D eigenvalue weighted by atomic mass is 10.00. The smallest absolute Gasteiger partial charge is 0.263 e. The first-order valence-corrected chi connectivity index (χ1v) is 6.53. The fourth-order valence-corrected chi connectivity index (χ4v) is 1.95. The largest absolute Gasteiger partial charge is 0.401 e. The van der Waals surface area contributed by atoms with Crippen molar-refractivity contribution < 1.29 is 19.2 Å². The van der Waals surface area contributed by atoms with Crippen LogP contribution in [0.2, 0.25) is 0 Å². The molecule has 21 heavy (non-hydrogen) atoms. The normalized spacial score (nSPS) is 19.5. The third-order valence-electron chi connectivity index (χ3n) is 3.02. The number of allylic oxidation sites excluding steroid dienone is 2. The molecule has 114 valence electrons. The summed E-state index contributed by atoms with van der Waals surface area (Å²) in [4.78, 5) is 47.7. The molecule has 1 heterocycles. The summed E-state index contributed by atoms with van der Waals surface area (Å²) in [5.74, 6) is -2.58. The molecule has 0 aromatic heterocycles. The second-order valence-corrected chi connectivity index (χ2v) is 4.99. The summed E-state index contributed by atoms with van der Waals surface area (Å²) >= 11 is 0. The number of likely N-dealkylation sites (tertiary alicyclic amines) is 1. The maximum Gasteiger partial charge on any atom is 0.263 e. The summed E-state index contributed by atoms with van der Waals surface area (Å²) in [6, 6.07) is 0. The van der Waals surface area contributed by atoms with Gasteiger partial charge in [-0.3, -0.25) is 29.4 Å². The standard InChI is InChI=1S/C14H19N3O4/c1-5-9-11(12(15)7(2)3)14(21)17(13(9)20)6-10(19)16-8(4)18/h5,7H,6,15H2,1-4H3,(H,16,18,19)/b9-5+,12-11-. The van der Waals surface area contributed by atoms with E-state index in [1.165, 1.54) is 13.0 Å². The van der Waals surface area contributed by atoms with Crippen molar-refractivity contribution in [2.75, 3.05) is 6.54 Å². The van der Waals surface area contributed by atoms with Crippen molar-refractivity contribution in [2.24, 2.45) is 11.7 Å². The monoisotopic (exact) mass is 293 g/mol. The molecule has 0 aromatic carbocycles. The van der Waals surface area contributed by atoms with E-state index in [2.05, 4.69) is 0 Å². The zero-order valence-electron chi connectivity index (χ0n) is 12.5. The quantitative estimate of drug-likeness (QED) is 0.554. The second-order valence-electron chi connectivity index (χ2n) is 4.99. The fraction of sp³-hybridized carbons (Fsp3) is 0.429. The molecule has 0 atom stereocenters. The van der Waals surface area contributed by atoms with E-state index in [9.17, 15) is 19.2 Å². The molecule has 4 amide bonds. The minimum Gasteiger partial charge on any atom is -0.401 e. The van der Waals surface area contributed by atoms with E-state index in [-0.39, 0.29) is 17.1 Å². The number of carbonyl (C=O) groups is 4. The lowest BCUT2D eigenvalue weighted by molar-refractivity contribution is -0.142. The molecule has 3 N–H and O–H groups in total. The first kappa shape index (κ1) is 16.6. The van der Waals surface area contributed by atoms with Gasteiger partial charge in [-0.25, -0.2) is 0 Å². The van der Waals surface area contributed by atoms with E-state index in [1.54, 1.807) is 20.8 Å². The summed E-state index contributed by atoms with van der Waals surface area (Å²) in [5, 5.41) is 2.02. The molecule has 7 heteroatoms. The van der Waals surface area contributed by atoms with Crippen molar-refractivity contribution in [3.05, 3.63) is 22.9 Å². The van der Waals surface area contributed by atoms with Gasteiger partial charge < -0.3 is 5.73 Å². The molecule has 0 aromatic rings. The molecule has 0 spiro atoms. The highest BCUT2D eigenvalue weighted by atomic mass is 16.2. The summed E-state index contributed by atoms with van der Waals surface area (Å²) in [7, 11) is 0. The summed E-state index contributed by atoms with van der Waals surface area (Å²) in [5.41, 5.74) is 6.52. The van der Waals surface area contributed by atoms with Gasteiger partial charge in [0.1, 0.15) is 6.54 Å². The number of carbonyl (C=O) groups excluding carboxylic acids is 4. The first-order valence-electron chi connectivity index (χ1n) is 6.53. The van der Waals surface area contributed by atoms with Crippen LogP contribution in [-0.4, -0.2) is 35.1 Å². The van der Waals surface area contributed by atoms with E-state index < -0.39 is 30.2 Å². The number of amides is 4. The molecule has 0 saturated carbocycles. The van der Waals surface area contributed by atoms with Crippen LogP contribution >= 0.6 is 0 Å². The first-order chi connectivity index (χ1) is 9.70. The molecule has 7 nitrogen and oxygen atoms in total. The number of nitrogens with zero attached hydrogens (tertiary/aromatic N) is 1. The van der Waals surface area contributed by atoms with E-state index in [0.29, 0.717) is 5.70 Å². The average Bonchev–Trinajstić information content (AvgIpc) is 2.60. The average molecular weight is 293 g/mol. The molecule has 1 aliphatic heterocycles. The Morgan fingerprint density at radius 2 is 1.86 bits per heavy atom. The van der Waals surface area contributed by atoms with E-state index in [4.69, 9.17) is 5.73 Å². The molecule has 0 unspecified atom stereocenters. The fourth-order valence-electron chi connectivity index (χ4n) is 1.95. The maximum absolute atomic E-state index is 12.3. The Labute approximate surface area is 122 Å². The van der Waals surface area contributed by atoms with Crippen LogP contribution in [0.1, 0.15) is 27.7 Å². The van der Waals surface area contributed by atoms with Gasteiger partial charge in [0.25, 0.3) is 11.8 Å². The van der Waals surface area contributed by atoms with Crippen molar-refractivity contribution in [2.45, 2.75) is 27.7 Å². The van der Waals surface area contributed by atoms with Crippen LogP contribution in [0.4, 0.5) is 0 Å². The Morgan fingerprint density at radius 1 is 1.29 bits per heavy atom. The van der Waals surface area contributed by atoms with Gasteiger partial charge in [-0.1, -0.05) is 19.9 Å². The highest BCUT2D eigenvalue weighted by Gasteiger charge is 2.41. The van der Waals surface area contributed by atoms with Gasteiger partial charge in [-0.15, -0.1) is 0 Å². The third kappa shape index (κ3) is 3.36. The van der Waals surface area contributed by atoms with E-state index in [1.807, 2.05) is 5.32 Å². The molecule has 1 fully saturated rings.